The van der Waals surface area contributed by atoms with Gasteiger partial charge in [-0.1, -0.05) is 18.2 Å². The second-order valence-corrected chi connectivity index (χ2v) is 6.68. The molecule has 21 heavy (non-hydrogen) atoms. The molecule has 1 aromatic carbocycles. The van der Waals surface area contributed by atoms with Gasteiger partial charge in [0.1, 0.15) is 0 Å². The van der Waals surface area contributed by atoms with Gasteiger partial charge >= 0.3 is 0 Å². The summed E-state index contributed by atoms with van der Waals surface area (Å²) in [5.41, 5.74) is 9.97. The van der Waals surface area contributed by atoms with Crippen LogP contribution in [0, 0.1) is 20.8 Å². The van der Waals surface area contributed by atoms with Crippen molar-refractivity contribution in [2.75, 3.05) is 14.1 Å². The zero-order chi connectivity index (χ0) is 15.1. The second-order valence-electron chi connectivity index (χ2n) is 6.68. The number of benzene rings is 1. The van der Waals surface area contributed by atoms with E-state index in [0.717, 1.165) is 0 Å². The molecule has 1 atom stereocenters. The van der Waals surface area contributed by atoms with Gasteiger partial charge in [0, 0.05) is 23.0 Å². The van der Waals surface area contributed by atoms with Gasteiger partial charge in [0.05, 0.1) is 0 Å². The maximum absolute atomic E-state index is 3.50. The van der Waals surface area contributed by atoms with E-state index < -0.39 is 0 Å². The third kappa shape index (κ3) is 2.42. The molecule has 112 valence electrons. The van der Waals surface area contributed by atoms with E-state index in [4.69, 9.17) is 0 Å². The maximum atomic E-state index is 3.50. The summed E-state index contributed by atoms with van der Waals surface area (Å²) < 4.78 is 0. The molecule has 0 amide bonds. The zero-order valence-corrected chi connectivity index (χ0v) is 13.9. The molecule has 0 radical (unpaired) electrons. The first-order valence-corrected chi connectivity index (χ1v) is 7.92. The van der Waals surface area contributed by atoms with Crippen LogP contribution >= 0.6 is 0 Å². The van der Waals surface area contributed by atoms with Gasteiger partial charge in [-0.15, -0.1) is 0 Å². The molecule has 1 aliphatic carbocycles. The van der Waals surface area contributed by atoms with Crippen molar-refractivity contribution in [1.29, 1.82) is 0 Å². The smallest absolute Gasteiger partial charge is 0.0200 e. The molecule has 0 saturated heterocycles. The van der Waals surface area contributed by atoms with Crippen molar-refractivity contribution in [3.8, 4) is 11.1 Å². The molecule has 1 N–H and O–H groups in total. The summed E-state index contributed by atoms with van der Waals surface area (Å²) in [4.78, 5) is 5.87. The lowest BCUT2D eigenvalue weighted by molar-refractivity contribution is 0.268. The molecule has 2 heteroatoms. The predicted octanol–water partition coefficient (Wildman–Crippen LogP) is 4.03. The van der Waals surface area contributed by atoms with Gasteiger partial charge in [-0.2, -0.15) is 0 Å². The van der Waals surface area contributed by atoms with Crippen molar-refractivity contribution in [3.05, 3.63) is 46.3 Å². The fraction of sp³-hybridized carbons (Fsp3) is 0.474. The number of hydrogen-bond acceptors (Lipinski definition) is 1. The molecular formula is C19H26N2. The van der Waals surface area contributed by atoms with Crippen LogP contribution in [0.25, 0.3) is 11.1 Å². The Labute approximate surface area is 128 Å². The maximum Gasteiger partial charge on any atom is 0.0200 e. The number of fused-ring (bicyclic) bond motifs is 1. The minimum absolute atomic E-state index is 0.683. The summed E-state index contributed by atoms with van der Waals surface area (Å²) in [5, 5.41) is 0. The lowest BCUT2D eigenvalue weighted by Crippen LogP contribution is -2.33. The highest BCUT2D eigenvalue weighted by molar-refractivity contribution is 5.75. The Kier molecular flexibility index (Phi) is 3.66. The molecule has 0 unspecified atom stereocenters. The van der Waals surface area contributed by atoms with Crippen LogP contribution in [0.4, 0.5) is 0 Å². The Morgan fingerprint density at radius 1 is 1.10 bits per heavy atom. The highest BCUT2D eigenvalue weighted by Crippen LogP contribution is 2.36. The second kappa shape index (κ2) is 5.34. The third-order valence-corrected chi connectivity index (χ3v) is 5.14. The number of nitrogens with zero attached hydrogens (tertiary/aromatic N) is 1. The molecule has 1 aromatic heterocycles. The number of H-pyrrole nitrogens is 1. The van der Waals surface area contributed by atoms with Crippen LogP contribution in [0.3, 0.4) is 0 Å². The van der Waals surface area contributed by atoms with E-state index in [1.165, 1.54) is 52.9 Å². The van der Waals surface area contributed by atoms with Crippen LogP contribution in [0.2, 0.25) is 0 Å². The number of hydrogen-bond donors (Lipinski definition) is 1. The first-order chi connectivity index (χ1) is 9.99. The van der Waals surface area contributed by atoms with Crippen molar-refractivity contribution in [3.63, 3.8) is 0 Å². The molecule has 1 heterocycles. The summed E-state index contributed by atoms with van der Waals surface area (Å²) in [6.45, 7) is 6.60. The van der Waals surface area contributed by atoms with Crippen LogP contribution in [0.15, 0.2) is 18.2 Å². The Morgan fingerprint density at radius 3 is 2.48 bits per heavy atom. The fourth-order valence-electron chi connectivity index (χ4n) is 3.77. The van der Waals surface area contributed by atoms with E-state index in [-0.39, 0.29) is 0 Å². The fourth-order valence-corrected chi connectivity index (χ4v) is 3.77. The van der Waals surface area contributed by atoms with Gasteiger partial charge in [0.2, 0.25) is 0 Å². The van der Waals surface area contributed by atoms with Crippen molar-refractivity contribution < 1.29 is 0 Å². The normalized spacial score (nSPS) is 18.1. The van der Waals surface area contributed by atoms with Crippen LogP contribution < -0.4 is 0 Å². The molecule has 3 rings (SSSR count). The lowest BCUT2D eigenvalue weighted by Gasteiger charge is -2.31. The topological polar surface area (TPSA) is 19.0 Å². The summed E-state index contributed by atoms with van der Waals surface area (Å²) in [6, 6.07) is 7.53. The Balaban J connectivity index is 2.09. The molecule has 0 aliphatic heterocycles. The van der Waals surface area contributed by atoms with Crippen molar-refractivity contribution in [1.82, 2.24) is 9.88 Å². The molecule has 0 fully saturated rings. The van der Waals surface area contributed by atoms with Gasteiger partial charge in [0.15, 0.2) is 0 Å². The van der Waals surface area contributed by atoms with Crippen molar-refractivity contribution in [2.24, 2.45) is 0 Å². The van der Waals surface area contributed by atoms with E-state index in [2.05, 4.69) is 62.9 Å². The number of aromatic nitrogens is 1. The minimum Gasteiger partial charge on any atom is -0.362 e. The summed E-state index contributed by atoms with van der Waals surface area (Å²) in [6.07, 6.45) is 3.63. The third-order valence-electron chi connectivity index (χ3n) is 5.14. The van der Waals surface area contributed by atoms with Gasteiger partial charge < -0.3 is 9.88 Å². The highest BCUT2D eigenvalue weighted by atomic mass is 15.1. The molecule has 0 spiro atoms. The molecule has 2 nitrogen and oxygen atoms in total. The number of likely N-dealkylation sites (N-methyl/N-ethyl adjacent to an activating group) is 1. The van der Waals surface area contributed by atoms with Crippen LogP contribution in [0.5, 0.6) is 0 Å². The van der Waals surface area contributed by atoms with E-state index >= 15 is 0 Å². The Hall–Kier alpha value is -1.54. The number of nitrogens with one attached hydrogen (secondary N) is 1. The molecule has 2 aromatic rings. The van der Waals surface area contributed by atoms with Gasteiger partial charge in [-0.05, 0) is 76.4 Å². The largest absolute Gasteiger partial charge is 0.362 e. The number of rotatable bonds is 2. The van der Waals surface area contributed by atoms with E-state index in [9.17, 15) is 0 Å². The van der Waals surface area contributed by atoms with E-state index in [1.54, 1.807) is 5.56 Å². The monoisotopic (exact) mass is 282 g/mol. The molecule has 0 bridgehead atoms. The minimum atomic E-state index is 0.683. The molecule has 0 saturated carbocycles. The quantitative estimate of drug-likeness (QED) is 0.881. The number of aryl methyl sites for hydroxylation is 2. The average Bonchev–Trinajstić information content (AvgIpc) is 2.71. The van der Waals surface area contributed by atoms with E-state index in [0.29, 0.717) is 6.04 Å². The summed E-state index contributed by atoms with van der Waals surface area (Å²) >= 11 is 0. The Morgan fingerprint density at radius 2 is 1.86 bits per heavy atom. The van der Waals surface area contributed by atoms with Gasteiger partial charge in [0.25, 0.3) is 0 Å². The summed E-state index contributed by atoms with van der Waals surface area (Å²) in [5.74, 6) is 0. The van der Waals surface area contributed by atoms with E-state index in [1.807, 2.05) is 0 Å². The standard InChI is InChI=1S/C19H26N2/c1-12-13(2)20-14(3)19(12)18-8-6-7-15-11-16(21(4)5)9-10-17(15)18/h6-8,16,20H,9-11H2,1-5H3/t16-/m0/s1. The molecular weight excluding hydrogens is 256 g/mol. The highest BCUT2D eigenvalue weighted by Gasteiger charge is 2.23. The predicted molar refractivity (Wildman–Crippen MR) is 89.9 cm³/mol. The van der Waals surface area contributed by atoms with Crippen molar-refractivity contribution >= 4 is 0 Å². The van der Waals surface area contributed by atoms with Crippen LogP contribution in [-0.2, 0) is 12.8 Å². The zero-order valence-electron chi connectivity index (χ0n) is 13.9. The van der Waals surface area contributed by atoms with Crippen LogP contribution in [-0.4, -0.2) is 30.0 Å². The van der Waals surface area contributed by atoms with Gasteiger partial charge in [-0.3, -0.25) is 0 Å². The van der Waals surface area contributed by atoms with Crippen molar-refractivity contribution in [2.45, 2.75) is 46.1 Å². The average molecular weight is 282 g/mol. The van der Waals surface area contributed by atoms with Crippen LogP contribution in [0.1, 0.15) is 34.5 Å². The lowest BCUT2D eigenvalue weighted by atomic mass is 9.82. The number of aromatic amines is 1. The SMILES string of the molecule is Cc1[nH]c(C)c(-c2cccc3c2CC[C@H](N(C)C)C3)c1C. The summed E-state index contributed by atoms with van der Waals surface area (Å²) in [7, 11) is 4.40. The first-order valence-electron chi connectivity index (χ1n) is 7.92. The Bertz CT molecular complexity index is 664. The molecule has 1 aliphatic rings. The van der Waals surface area contributed by atoms with Gasteiger partial charge in [-0.25, -0.2) is 0 Å². The first kappa shape index (κ1) is 14.4.